The van der Waals surface area contributed by atoms with Gasteiger partial charge in [0.25, 0.3) is 0 Å². The molecule has 25 nitrogen and oxygen atoms in total. The zero-order chi connectivity index (χ0) is 84.8. The third-order valence-corrected chi connectivity index (χ3v) is 24.2. The number of carbonyl (C=O) groups is 4. The summed E-state index contributed by atoms with van der Waals surface area (Å²) in [5, 5.41) is 102. The molecule has 3 aliphatic rings. The Balaban J connectivity index is 1.93. The predicted molar refractivity (Wildman–Crippen MR) is 449 cm³/mol. The van der Waals surface area contributed by atoms with Crippen LogP contribution in [0.1, 0.15) is 401 Å². The number of hydrogen-bond acceptors (Lipinski definition) is 24. The van der Waals surface area contributed by atoms with Gasteiger partial charge < -0.3 is 88.7 Å². The van der Waals surface area contributed by atoms with Crippen LogP contribution in [0.5, 0.6) is 0 Å². The van der Waals surface area contributed by atoms with Gasteiger partial charge in [0, 0.05) is 25.7 Å². The Labute approximate surface area is 699 Å². The summed E-state index contributed by atoms with van der Waals surface area (Å²) in [6, 6.07) is 0. The fourth-order valence-corrected chi connectivity index (χ4v) is 16.6. The van der Waals surface area contributed by atoms with E-state index >= 15 is 0 Å². The first-order valence-electron chi connectivity index (χ1n) is 46.8. The van der Waals surface area contributed by atoms with Crippen molar-refractivity contribution >= 4 is 31.7 Å². The first-order valence-corrected chi connectivity index (χ1v) is 48.3. The van der Waals surface area contributed by atoms with Crippen LogP contribution in [0.15, 0.2) is 12.2 Å². The zero-order valence-corrected chi connectivity index (χ0v) is 73.6. The fraction of sp³-hybridized carbons (Fsp3) is 0.933. The van der Waals surface area contributed by atoms with Crippen LogP contribution in [0.3, 0.4) is 0 Å². The third kappa shape index (κ3) is 48.9. The van der Waals surface area contributed by atoms with Crippen molar-refractivity contribution in [2.45, 2.75) is 505 Å². The average Bonchev–Trinajstić information content (AvgIpc) is 0.754. The van der Waals surface area contributed by atoms with E-state index in [0.29, 0.717) is 38.0 Å². The molecule has 2 aliphatic heterocycles. The van der Waals surface area contributed by atoms with Crippen molar-refractivity contribution in [3.8, 4) is 0 Å². The summed E-state index contributed by atoms with van der Waals surface area (Å²) in [7, 11) is -5.81. The first kappa shape index (κ1) is 107. The van der Waals surface area contributed by atoms with Gasteiger partial charge in [-0.05, 0) is 57.3 Å². The van der Waals surface area contributed by atoms with E-state index in [1.165, 1.54) is 167 Å². The first-order chi connectivity index (χ1) is 56.1. The number of esters is 4. The van der Waals surface area contributed by atoms with Gasteiger partial charge in [-0.3, -0.25) is 28.2 Å². The summed E-state index contributed by atoms with van der Waals surface area (Å²) < 4.78 is 73.4. The van der Waals surface area contributed by atoms with Crippen LogP contribution in [0.2, 0.25) is 0 Å². The van der Waals surface area contributed by atoms with Gasteiger partial charge in [-0.2, -0.15) is 0 Å². The number of aliphatic hydroxyl groups excluding tert-OH is 9. The number of hydrogen-bond donors (Lipinski definition) is 10. The quantitative estimate of drug-likeness (QED) is 0.00889. The van der Waals surface area contributed by atoms with Crippen LogP contribution in [0, 0.1) is 5.92 Å². The second-order valence-corrected chi connectivity index (χ2v) is 35.2. The second kappa shape index (κ2) is 68.6. The smallest absolute Gasteiger partial charge is 0.463 e. The summed E-state index contributed by atoms with van der Waals surface area (Å²) in [5.41, 5.74) is 0. The summed E-state index contributed by atoms with van der Waals surface area (Å²) >= 11 is 0. The molecule has 19 unspecified atom stereocenters. The van der Waals surface area contributed by atoms with E-state index in [0.717, 1.165) is 141 Å². The molecule has 3 rings (SSSR count). The number of rotatable bonds is 75. The number of allylic oxidation sites excluding steroid dienone is 2. The average molecular weight is 1680 g/mol. The van der Waals surface area contributed by atoms with Crippen molar-refractivity contribution in [3.05, 3.63) is 12.2 Å². The van der Waals surface area contributed by atoms with Gasteiger partial charge in [-0.15, -0.1) is 0 Å². The van der Waals surface area contributed by atoms with Crippen molar-refractivity contribution in [2.24, 2.45) is 5.92 Å². The maximum atomic E-state index is 14.9. The van der Waals surface area contributed by atoms with E-state index < -0.39 is 162 Å². The second-order valence-electron chi connectivity index (χ2n) is 33.8. The minimum Gasteiger partial charge on any atom is -0.463 e. The Kier molecular flexibility index (Phi) is 63.5. The highest BCUT2D eigenvalue weighted by Crippen LogP contribution is 2.49. The molecule has 2 heterocycles. The topological polar surface area (TPSA) is 380 Å². The van der Waals surface area contributed by atoms with E-state index in [1.807, 2.05) is 0 Å². The number of phosphoric acid groups is 1. The van der Waals surface area contributed by atoms with E-state index in [4.69, 9.17) is 46.9 Å². The molecule has 2 saturated heterocycles. The number of unbranched alkanes of at least 4 members (excludes halogenated alkanes) is 45. The molecule has 3 fully saturated rings. The minimum absolute atomic E-state index is 0.0174. The number of ether oxygens (including phenoxy) is 8. The minimum atomic E-state index is -5.81. The molecule has 682 valence electrons. The van der Waals surface area contributed by atoms with Gasteiger partial charge in [-0.25, -0.2) is 4.57 Å². The summed E-state index contributed by atoms with van der Waals surface area (Å²) in [6.45, 7) is 7.92. The van der Waals surface area contributed by atoms with Crippen LogP contribution in [-0.2, 0) is 70.7 Å². The SMILES string of the molecule is CCCCCC/C=C\CCCCCCCCCC(=O)OC1C(O)C(O)C(OC2OC(CO)C(O)C(O)C2O)C(OP(=O)(O)OCC(COC(=O)CCCCCCCCC(C)CCCCCCCC)OC(=O)CCCCCCCCCCCCCCC)C1OC1OC(COC(=O)CCCCCCCCCCCCCCC)C(O)C(O)C1O. The highest BCUT2D eigenvalue weighted by Gasteiger charge is 2.60. The molecule has 19 atom stereocenters. The zero-order valence-electron chi connectivity index (χ0n) is 72.7. The predicted octanol–water partition coefficient (Wildman–Crippen LogP) is 17.0. The van der Waals surface area contributed by atoms with E-state index in [-0.39, 0.29) is 25.7 Å². The van der Waals surface area contributed by atoms with Gasteiger partial charge >= 0.3 is 31.7 Å². The lowest BCUT2D eigenvalue weighted by Gasteiger charge is -2.50. The van der Waals surface area contributed by atoms with Crippen LogP contribution in [0.25, 0.3) is 0 Å². The van der Waals surface area contributed by atoms with Crippen LogP contribution in [0.4, 0.5) is 0 Å². The maximum absolute atomic E-state index is 14.9. The Bertz CT molecular complexity index is 2480. The molecule has 0 aromatic carbocycles. The van der Waals surface area contributed by atoms with Gasteiger partial charge in [0.05, 0.1) is 13.2 Å². The summed E-state index contributed by atoms with van der Waals surface area (Å²) in [6.07, 6.45) is 25.0. The van der Waals surface area contributed by atoms with E-state index in [2.05, 4.69) is 46.8 Å². The normalized spacial score (nSPS) is 25.4. The Morgan fingerprint density at radius 1 is 0.362 bits per heavy atom. The van der Waals surface area contributed by atoms with Crippen molar-refractivity contribution in [1.29, 1.82) is 0 Å². The number of phosphoric ester groups is 1. The Morgan fingerprint density at radius 2 is 0.698 bits per heavy atom. The molecule has 116 heavy (non-hydrogen) atoms. The Morgan fingerprint density at radius 3 is 1.12 bits per heavy atom. The molecule has 0 aromatic heterocycles. The Hall–Kier alpha value is -2.79. The molecule has 0 aromatic rings. The highest BCUT2D eigenvalue weighted by molar-refractivity contribution is 7.47. The van der Waals surface area contributed by atoms with Crippen molar-refractivity contribution in [2.75, 3.05) is 26.4 Å². The molecule has 0 bridgehead atoms. The molecule has 1 saturated carbocycles. The molecular formula is C90H167O25P. The van der Waals surface area contributed by atoms with E-state index in [1.54, 1.807) is 0 Å². The largest absolute Gasteiger partial charge is 0.472 e. The molecule has 1 aliphatic carbocycles. The van der Waals surface area contributed by atoms with Gasteiger partial charge in [-0.1, -0.05) is 336 Å². The fourth-order valence-electron chi connectivity index (χ4n) is 15.6. The monoisotopic (exact) mass is 1680 g/mol. The molecule has 0 spiro atoms. The van der Waals surface area contributed by atoms with Crippen LogP contribution in [-0.4, -0.2) is 205 Å². The molecular weight excluding hydrogens is 1510 g/mol. The van der Waals surface area contributed by atoms with Crippen LogP contribution < -0.4 is 0 Å². The van der Waals surface area contributed by atoms with Crippen molar-refractivity contribution in [3.63, 3.8) is 0 Å². The standard InChI is InChI=1S/C90H167O25P/c1-6-10-14-18-22-25-28-31-32-35-38-41-44-52-58-64-76(95)112-85-81(100)82(101)86(113-89-83(102)79(98)77(96)71(65-91)110-89)88(87(85)114-90-84(103)80(99)78(97)72(111-90)68-107-74(93)62-56-49-42-39-36-33-29-26-23-19-15-11-7-2)115-116(104,105)108-67-70(109-75(94)63-57-51-43-40-37-34-30-27-24-20-16-12-8-3)66-106-73(92)61-55-50-46-45-48-54-60-69(5)59-53-47-21-17-13-9-4/h25,28,69-72,77-91,96-103H,6-24,26-27,29-68H2,1-5H3,(H,104,105)/b28-25-. The summed E-state index contributed by atoms with van der Waals surface area (Å²) in [5.74, 6) is -2.27. The molecule has 0 amide bonds. The highest BCUT2D eigenvalue weighted by atomic mass is 31.2. The van der Waals surface area contributed by atoms with Gasteiger partial charge in [0.1, 0.15) is 92.6 Å². The van der Waals surface area contributed by atoms with Crippen molar-refractivity contribution < 1.29 is 122 Å². The molecule has 26 heteroatoms. The summed E-state index contributed by atoms with van der Waals surface area (Å²) in [4.78, 5) is 66.5. The number of carbonyl (C=O) groups excluding carboxylic acids is 4. The van der Waals surface area contributed by atoms with E-state index in [9.17, 15) is 74.6 Å². The number of aliphatic hydroxyl groups is 9. The lowest BCUT2D eigenvalue weighted by atomic mass is 9.84. The third-order valence-electron chi connectivity index (χ3n) is 23.2. The molecule has 10 N–H and O–H groups in total. The molecule has 0 radical (unpaired) electrons. The van der Waals surface area contributed by atoms with Gasteiger partial charge in [0.15, 0.2) is 24.8 Å². The lowest BCUT2D eigenvalue weighted by Crippen LogP contribution is -2.70. The van der Waals surface area contributed by atoms with Crippen LogP contribution >= 0.6 is 7.82 Å². The van der Waals surface area contributed by atoms with Crippen molar-refractivity contribution in [1.82, 2.24) is 0 Å². The lowest BCUT2D eigenvalue weighted by molar-refractivity contribution is -0.360. The maximum Gasteiger partial charge on any atom is 0.472 e. The van der Waals surface area contributed by atoms with Gasteiger partial charge in [0.2, 0.25) is 0 Å².